The highest BCUT2D eigenvalue weighted by molar-refractivity contribution is 5.73. The summed E-state index contributed by atoms with van der Waals surface area (Å²) in [7, 11) is 0. The summed E-state index contributed by atoms with van der Waals surface area (Å²) in [5.74, 6) is -2.07. The summed E-state index contributed by atoms with van der Waals surface area (Å²) in [6, 6.07) is 0.470. The minimum absolute atomic E-state index is 0.0959. The predicted octanol–water partition coefficient (Wildman–Crippen LogP) is 2.56. The molecule has 0 atom stereocenters. The summed E-state index contributed by atoms with van der Waals surface area (Å²) in [5, 5.41) is 0. The van der Waals surface area contributed by atoms with Crippen molar-refractivity contribution in [2.45, 2.75) is 32.4 Å². The maximum absolute atomic E-state index is 12.9. The van der Waals surface area contributed by atoms with Crippen LogP contribution in [0.25, 0.3) is 0 Å². The predicted molar refractivity (Wildman–Crippen MR) is 64.2 cm³/mol. The van der Waals surface area contributed by atoms with Gasteiger partial charge < -0.3 is 15.2 Å². The van der Waals surface area contributed by atoms with E-state index in [1.54, 1.807) is 0 Å². The Labute approximate surface area is 126 Å². The summed E-state index contributed by atoms with van der Waals surface area (Å²) >= 11 is 0. The van der Waals surface area contributed by atoms with Gasteiger partial charge in [-0.3, -0.25) is 4.79 Å². The Morgan fingerprint density at radius 3 is 2.30 bits per heavy atom. The number of carbonyl (C=O) groups excluding carboxylic acids is 1. The Morgan fingerprint density at radius 2 is 1.87 bits per heavy atom. The first-order valence-electron chi connectivity index (χ1n) is 6.19. The molecule has 0 aliphatic carbocycles. The van der Waals surface area contributed by atoms with Crippen LogP contribution in [-0.4, -0.2) is 23.9 Å². The summed E-state index contributed by atoms with van der Waals surface area (Å²) in [6.45, 7) is 0.619. The number of alkyl halides is 6. The van der Waals surface area contributed by atoms with Gasteiger partial charge in [-0.15, -0.1) is 13.2 Å². The number of rotatable bonds is 5. The van der Waals surface area contributed by atoms with E-state index in [1.807, 2.05) is 0 Å². The zero-order valence-corrected chi connectivity index (χ0v) is 11.7. The fourth-order valence-electron chi connectivity index (χ4n) is 1.66. The van der Waals surface area contributed by atoms with Gasteiger partial charge in [0.05, 0.1) is 18.7 Å². The second-order valence-electron chi connectivity index (χ2n) is 4.17. The van der Waals surface area contributed by atoms with Crippen LogP contribution >= 0.6 is 0 Å². The van der Waals surface area contributed by atoms with Gasteiger partial charge >= 0.3 is 18.5 Å². The maximum Gasteiger partial charge on any atom is 0.573 e. The van der Waals surface area contributed by atoms with Crippen molar-refractivity contribution >= 4 is 5.97 Å². The summed E-state index contributed by atoms with van der Waals surface area (Å²) in [4.78, 5) is 14.4. The second kappa shape index (κ2) is 7.02. The third-order valence-corrected chi connectivity index (χ3v) is 2.47. The second-order valence-corrected chi connectivity index (χ2v) is 4.17. The van der Waals surface area contributed by atoms with E-state index in [4.69, 9.17) is 5.73 Å². The average Bonchev–Trinajstić information content (AvgIpc) is 2.37. The molecule has 0 aromatic carbocycles. The topological polar surface area (TPSA) is 74.4 Å². The Morgan fingerprint density at radius 1 is 1.26 bits per heavy atom. The quantitative estimate of drug-likeness (QED) is 0.655. The molecule has 23 heavy (non-hydrogen) atoms. The zero-order chi connectivity index (χ0) is 17.8. The molecular formula is C12H12F6N2O3. The van der Waals surface area contributed by atoms with Gasteiger partial charge in [-0.2, -0.15) is 13.2 Å². The molecule has 0 amide bonds. The SMILES string of the molecule is CCOC(=O)Cc1nc(C(F)(F)F)c(CN)cc1OC(F)(F)F. The van der Waals surface area contributed by atoms with Crippen molar-refractivity contribution in [1.82, 2.24) is 4.98 Å². The minimum Gasteiger partial charge on any atom is -0.466 e. The molecule has 5 nitrogen and oxygen atoms in total. The average molecular weight is 346 g/mol. The first-order valence-corrected chi connectivity index (χ1v) is 6.19. The Kier molecular flexibility index (Phi) is 5.81. The molecule has 1 rings (SSSR count). The van der Waals surface area contributed by atoms with E-state index >= 15 is 0 Å². The Hall–Kier alpha value is -2.04. The van der Waals surface area contributed by atoms with Crippen LogP contribution in [0.3, 0.4) is 0 Å². The van der Waals surface area contributed by atoms with Crippen molar-refractivity contribution in [3.05, 3.63) is 23.0 Å². The van der Waals surface area contributed by atoms with Crippen molar-refractivity contribution < 1.29 is 40.6 Å². The number of carbonyl (C=O) groups is 1. The number of hydrogen-bond donors (Lipinski definition) is 1. The number of nitrogens with zero attached hydrogens (tertiary/aromatic N) is 1. The lowest BCUT2D eigenvalue weighted by Gasteiger charge is -2.17. The van der Waals surface area contributed by atoms with Crippen molar-refractivity contribution in [2.24, 2.45) is 5.73 Å². The normalized spacial score (nSPS) is 12.2. The van der Waals surface area contributed by atoms with Gasteiger partial charge in [0.15, 0.2) is 5.75 Å². The zero-order valence-electron chi connectivity index (χ0n) is 11.7. The first kappa shape index (κ1) is 19.0. The molecule has 1 aromatic heterocycles. The van der Waals surface area contributed by atoms with E-state index in [-0.39, 0.29) is 6.61 Å². The van der Waals surface area contributed by atoms with Gasteiger partial charge in [0, 0.05) is 12.1 Å². The van der Waals surface area contributed by atoms with Crippen molar-refractivity contribution in [1.29, 1.82) is 0 Å². The number of pyridine rings is 1. The van der Waals surface area contributed by atoms with Crippen molar-refractivity contribution in [3.8, 4) is 5.75 Å². The molecule has 0 bridgehead atoms. The van der Waals surface area contributed by atoms with Crippen LogP contribution in [0.15, 0.2) is 6.07 Å². The van der Waals surface area contributed by atoms with E-state index in [0.717, 1.165) is 0 Å². The van der Waals surface area contributed by atoms with Crippen LogP contribution in [-0.2, 0) is 28.7 Å². The van der Waals surface area contributed by atoms with Crippen molar-refractivity contribution in [2.75, 3.05) is 6.61 Å². The molecule has 0 aliphatic heterocycles. The van der Waals surface area contributed by atoms with Crippen LogP contribution in [0.2, 0.25) is 0 Å². The monoisotopic (exact) mass is 346 g/mol. The van der Waals surface area contributed by atoms with Gasteiger partial charge in [0.25, 0.3) is 0 Å². The van der Waals surface area contributed by atoms with E-state index in [2.05, 4.69) is 14.5 Å². The van der Waals surface area contributed by atoms with Gasteiger partial charge in [-0.05, 0) is 13.0 Å². The van der Waals surface area contributed by atoms with Crippen LogP contribution in [0.5, 0.6) is 5.75 Å². The smallest absolute Gasteiger partial charge is 0.466 e. The van der Waals surface area contributed by atoms with Crippen LogP contribution in [0, 0.1) is 0 Å². The van der Waals surface area contributed by atoms with Gasteiger partial charge in [0.1, 0.15) is 5.69 Å². The molecule has 0 aliphatic rings. The lowest BCUT2D eigenvalue weighted by Crippen LogP contribution is -2.23. The summed E-state index contributed by atoms with van der Waals surface area (Å²) in [6.07, 6.45) is -11.0. The van der Waals surface area contributed by atoms with Gasteiger partial charge in [-0.1, -0.05) is 0 Å². The molecular weight excluding hydrogens is 334 g/mol. The summed E-state index contributed by atoms with van der Waals surface area (Å²) < 4.78 is 83.8. The molecule has 2 N–H and O–H groups in total. The lowest BCUT2D eigenvalue weighted by atomic mass is 10.1. The van der Waals surface area contributed by atoms with Gasteiger partial charge in [0.2, 0.25) is 0 Å². The number of ether oxygens (including phenoxy) is 2. The molecule has 11 heteroatoms. The fraction of sp³-hybridized carbons (Fsp3) is 0.500. The number of hydrogen-bond acceptors (Lipinski definition) is 5. The van der Waals surface area contributed by atoms with E-state index in [9.17, 15) is 31.1 Å². The van der Waals surface area contributed by atoms with Crippen LogP contribution in [0.1, 0.15) is 23.9 Å². The van der Waals surface area contributed by atoms with E-state index in [1.165, 1.54) is 6.92 Å². The molecule has 0 spiro atoms. The lowest BCUT2D eigenvalue weighted by molar-refractivity contribution is -0.275. The van der Waals surface area contributed by atoms with Crippen molar-refractivity contribution in [3.63, 3.8) is 0 Å². The highest BCUT2D eigenvalue weighted by atomic mass is 19.4. The number of nitrogens with two attached hydrogens (primary N) is 1. The van der Waals surface area contributed by atoms with Crippen LogP contribution < -0.4 is 10.5 Å². The molecule has 130 valence electrons. The Bertz CT molecular complexity index is 571. The third-order valence-electron chi connectivity index (χ3n) is 2.47. The fourth-order valence-corrected chi connectivity index (χ4v) is 1.66. The van der Waals surface area contributed by atoms with E-state index < -0.39 is 54.2 Å². The van der Waals surface area contributed by atoms with Gasteiger partial charge in [-0.25, -0.2) is 4.98 Å². The first-order chi connectivity index (χ1) is 10.5. The Balaban J connectivity index is 3.38. The third kappa shape index (κ3) is 5.58. The van der Waals surface area contributed by atoms with Crippen LogP contribution in [0.4, 0.5) is 26.3 Å². The standard InChI is InChI=1S/C12H12F6N2O3/c1-2-22-9(21)4-7-8(23-12(16,17)18)3-6(5-19)10(20-7)11(13,14)15/h3H,2,4-5,19H2,1H3. The number of halogens is 6. The van der Waals surface area contributed by atoms with E-state index in [0.29, 0.717) is 6.07 Å². The molecule has 1 aromatic rings. The minimum atomic E-state index is -5.17. The highest BCUT2D eigenvalue weighted by Gasteiger charge is 2.38. The molecule has 0 saturated heterocycles. The highest BCUT2D eigenvalue weighted by Crippen LogP contribution is 2.35. The molecule has 0 fully saturated rings. The number of aromatic nitrogens is 1. The molecule has 0 saturated carbocycles. The molecule has 1 heterocycles. The molecule has 0 unspecified atom stereocenters. The largest absolute Gasteiger partial charge is 0.573 e. The maximum atomic E-state index is 12.9. The number of esters is 1. The molecule has 0 radical (unpaired) electrons. The summed E-state index contributed by atoms with van der Waals surface area (Å²) in [5.41, 5.74) is 2.10.